The Kier molecular flexibility index (Phi) is 4.26. The third-order valence-corrected chi connectivity index (χ3v) is 4.70. The van der Waals surface area contributed by atoms with E-state index in [-0.39, 0.29) is 5.43 Å². The molecule has 0 unspecified atom stereocenters. The zero-order valence-electron chi connectivity index (χ0n) is 9.27. The summed E-state index contributed by atoms with van der Waals surface area (Å²) < 4.78 is 1.98. The molecule has 0 spiro atoms. The second kappa shape index (κ2) is 5.71. The first-order valence-electron chi connectivity index (χ1n) is 5.18. The van der Waals surface area contributed by atoms with Crippen LogP contribution in [0.25, 0.3) is 10.1 Å². The van der Waals surface area contributed by atoms with Crippen LogP contribution in [0.2, 0.25) is 5.02 Å². The fourth-order valence-corrected chi connectivity index (χ4v) is 3.84. The molecule has 0 amide bonds. The van der Waals surface area contributed by atoms with E-state index in [4.69, 9.17) is 11.6 Å². The molecule has 2 aromatic rings. The van der Waals surface area contributed by atoms with Crippen LogP contribution >= 0.6 is 34.7 Å². The highest BCUT2D eigenvalue weighted by Gasteiger charge is 2.03. The lowest BCUT2D eigenvalue weighted by Crippen LogP contribution is -1.98. The lowest BCUT2D eigenvalue weighted by atomic mass is 10.2. The van der Waals surface area contributed by atoms with E-state index < -0.39 is 0 Å². The molecule has 0 fully saturated rings. The first-order chi connectivity index (χ1) is 8.20. The first kappa shape index (κ1) is 12.7. The van der Waals surface area contributed by atoms with Gasteiger partial charge in [0.25, 0.3) is 0 Å². The smallest absolute Gasteiger partial charge is 0.189 e. The van der Waals surface area contributed by atoms with Crippen LogP contribution in [0.3, 0.4) is 0 Å². The number of fused-ring (bicyclic) bond motifs is 1. The molecule has 4 heteroatoms. The van der Waals surface area contributed by atoms with Gasteiger partial charge in [0.15, 0.2) is 5.43 Å². The van der Waals surface area contributed by atoms with Gasteiger partial charge in [-0.1, -0.05) is 23.8 Å². The second-order valence-corrected chi connectivity index (χ2v) is 6.29. The van der Waals surface area contributed by atoms with E-state index in [1.54, 1.807) is 41.3 Å². The maximum absolute atomic E-state index is 11.9. The van der Waals surface area contributed by atoms with Crippen molar-refractivity contribution in [1.82, 2.24) is 0 Å². The van der Waals surface area contributed by atoms with Crippen molar-refractivity contribution in [3.63, 3.8) is 0 Å². The van der Waals surface area contributed by atoms with Gasteiger partial charge in [-0.05, 0) is 25.1 Å². The molecule has 0 saturated carbocycles. The van der Waals surface area contributed by atoms with Crippen LogP contribution in [0.4, 0.5) is 0 Å². The zero-order valence-corrected chi connectivity index (χ0v) is 11.7. The van der Waals surface area contributed by atoms with Gasteiger partial charge in [0.1, 0.15) is 0 Å². The maximum atomic E-state index is 11.9. The van der Waals surface area contributed by atoms with Crippen LogP contribution in [-0.4, -0.2) is 5.75 Å². The van der Waals surface area contributed by atoms with E-state index in [1.807, 2.05) is 19.1 Å². The Morgan fingerprint density at radius 1 is 1.41 bits per heavy atom. The quantitative estimate of drug-likeness (QED) is 0.605. The Hall–Kier alpha value is -0.770. The van der Waals surface area contributed by atoms with Crippen LogP contribution in [-0.2, 0) is 0 Å². The van der Waals surface area contributed by atoms with Gasteiger partial charge in [-0.3, -0.25) is 4.79 Å². The Balaban J connectivity index is 2.43. The monoisotopic (exact) mass is 282 g/mol. The third kappa shape index (κ3) is 3.12. The number of benzene rings is 1. The second-order valence-electron chi connectivity index (χ2n) is 3.45. The van der Waals surface area contributed by atoms with Gasteiger partial charge >= 0.3 is 0 Å². The van der Waals surface area contributed by atoms with Gasteiger partial charge in [-0.15, -0.1) is 23.1 Å². The number of hydrogen-bond donors (Lipinski definition) is 0. The van der Waals surface area contributed by atoms with Gasteiger partial charge in [0.2, 0.25) is 0 Å². The molecule has 1 aromatic heterocycles. The summed E-state index contributed by atoms with van der Waals surface area (Å²) in [6.45, 7) is 1.99. The van der Waals surface area contributed by atoms with Crippen LogP contribution in [0.5, 0.6) is 0 Å². The summed E-state index contributed by atoms with van der Waals surface area (Å²) in [4.78, 5) is 11.9. The summed E-state index contributed by atoms with van der Waals surface area (Å²) in [7, 11) is 0. The summed E-state index contributed by atoms with van der Waals surface area (Å²) in [5.74, 6) is 0.887. The molecule has 0 aliphatic heterocycles. The van der Waals surface area contributed by atoms with Gasteiger partial charge in [-0.25, -0.2) is 0 Å². The van der Waals surface area contributed by atoms with Gasteiger partial charge in [0, 0.05) is 26.9 Å². The average Bonchev–Trinajstić information content (AvgIpc) is 2.28. The lowest BCUT2D eigenvalue weighted by molar-refractivity contribution is 1.58. The van der Waals surface area contributed by atoms with Crippen molar-refractivity contribution in [3.05, 3.63) is 51.7 Å². The Bertz CT molecular complexity index is 616. The predicted octanol–water partition coefficient (Wildman–Crippen LogP) is 4.58. The fourth-order valence-electron chi connectivity index (χ4n) is 1.40. The molecule has 0 aliphatic rings. The topological polar surface area (TPSA) is 17.1 Å². The van der Waals surface area contributed by atoms with E-state index >= 15 is 0 Å². The molecule has 0 atom stereocenters. The largest absolute Gasteiger partial charge is 0.289 e. The minimum Gasteiger partial charge on any atom is -0.289 e. The van der Waals surface area contributed by atoms with Crippen LogP contribution in [0, 0.1) is 0 Å². The van der Waals surface area contributed by atoms with Gasteiger partial charge in [0.05, 0.1) is 4.21 Å². The van der Waals surface area contributed by atoms with Crippen molar-refractivity contribution >= 4 is 44.8 Å². The Morgan fingerprint density at radius 2 is 2.24 bits per heavy atom. The Morgan fingerprint density at radius 3 is 3.00 bits per heavy atom. The van der Waals surface area contributed by atoms with Crippen molar-refractivity contribution in [2.75, 3.05) is 5.75 Å². The molecular formula is C13H11ClOS2. The van der Waals surface area contributed by atoms with Crippen molar-refractivity contribution in [2.45, 2.75) is 11.1 Å². The number of halogens is 1. The molecule has 0 radical (unpaired) electrons. The predicted molar refractivity (Wildman–Crippen MR) is 78.6 cm³/mol. The van der Waals surface area contributed by atoms with Gasteiger partial charge in [-0.2, -0.15) is 0 Å². The average molecular weight is 283 g/mol. The zero-order chi connectivity index (χ0) is 12.3. The summed E-state index contributed by atoms with van der Waals surface area (Å²) in [6, 6.07) is 7.10. The lowest BCUT2D eigenvalue weighted by Gasteiger charge is -2.01. The van der Waals surface area contributed by atoms with Crippen molar-refractivity contribution < 1.29 is 0 Å². The van der Waals surface area contributed by atoms with Crippen LogP contribution < -0.4 is 5.43 Å². The van der Waals surface area contributed by atoms with Gasteiger partial charge < -0.3 is 0 Å². The van der Waals surface area contributed by atoms with Crippen molar-refractivity contribution in [3.8, 4) is 0 Å². The minimum atomic E-state index is 0.0680. The molecule has 0 aliphatic carbocycles. The first-order valence-corrected chi connectivity index (χ1v) is 7.36. The van der Waals surface area contributed by atoms with Crippen LogP contribution in [0.15, 0.2) is 45.4 Å². The minimum absolute atomic E-state index is 0.0680. The highest BCUT2D eigenvalue weighted by Crippen LogP contribution is 2.28. The van der Waals surface area contributed by atoms with E-state index in [0.29, 0.717) is 5.02 Å². The third-order valence-electron chi connectivity index (χ3n) is 2.23. The standard InChI is InChI=1S/C13H11ClOS2/c1-2-3-6-16-13-8-11(15)10-5-4-9(14)7-12(10)17-13/h2-5,7-8H,6H2,1H3. The normalized spacial score (nSPS) is 11.4. The van der Waals surface area contributed by atoms with Crippen molar-refractivity contribution in [2.24, 2.45) is 0 Å². The van der Waals surface area contributed by atoms with E-state index in [1.165, 1.54) is 0 Å². The summed E-state index contributed by atoms with van der Waals surface area (Å²) in [6.07, 6.45) is 4.08. The molecule has 88 valence electrons. The van der Waals surface area contributed by atoms with E-state index in [0.717, 1.165) is 20.0 Å². The Labute approximate surface area is 113 Å². The summed E-state index contributed by atoms with van der Waals surface area (Å²) in [5.41, 5.74) is 0.0680. The van der Waals surface area contributed by atoms with E-state index in [9.17, 15) is 4.79 Å². The molecule has 1 nitrogen and oxygen atoms in total. The number of thioether (sulfide) groups is 1. The molecular weight excluding hydrogens is 272 g/mol. The SMILES string of the molecule is CC=CCSc1cc(=O)c2ccc(Cl)cc2s1. The molecule has 1 aromatic carbocycles. The highest BCUT2D eigenvalue weighted by molar-refractivity contribution is 8.01. The molecule has 0 bridgehead atoms. The molecule has 1 heterocycles. The molecule has 2 rings (SSSR count). The fraction of sp³-hybridized carbons (Fsp3) is 0.154. The molecule has 0 saturated heterocycles. The van der Waals surface area contributed by atoms with Crippen LogP contribution in [0.1, 0.15) is 6.92 Å². The van der Waals surface area contributed by atoms with Crippen molar-refractivity contribution in [1.29, 1.82) is 0 Å². The van der Waals surface area contributed by atoms with E-state index in [2.05, 4.69) is 6.08 Å². The number of rotatable bonds is 3. The maximum Gasteiger partial charge on any atom is 0.189 e. The summed E-state index contributed by atoms with van der Waals surface area (Å²) in [5, 5.41) is 1.42. The highest BCUT2D eigenvalue weighted by atomic mass is 35.5. The molecule has 0 N–H and O–H groups in total. The number of hydrogen-bond acceptors (Lipinski definition) is 3. The summed E-state index contributed by atoms with van der Waals surface area (Å²) >= 11 is 9.22. The number of allylic oxidation sites excluding steroid dienone is 1. The molecule has 17 heavy (non-hydrogen) atoms.